The maximum absolute atomic E-state index is 5.89. The van der Waals surface area contributed by atoms with Crippen molar-refractivity contribution in [3.63, 3.8) is 0 Å². The number of nitrogens with zero attached hydrogens (tertiary/aromatic N) is 4. The van der Waals surface area contributed by atoms with Gasteiger partial charge in [0, 0.05) is 7.05 Å². The van der Waals surface area contributed by atoms with Gasteiger partial charge in [0.1, 0.15) is 12.4 Å². The molecule has 0 unspecified atom stereocenters. The molecule has 1 fully saturated rings. The fourth-order valence-corrected chi connectivity index (χ4v) is 3.02. The molecule has 0 N–H and O–H groups in total. The van der Waals surface area contributed by atoms with Crippen LogP contribution in [0.5, 0.6) is 5.75 Å². The van der Waals surface area contributed by atoms with Crippen molar-refractivity contribution in [1.29, 1.82) is 0 Å². The Kier molecular flexibility index (Phi) is 4.82. The van der Waals surface area contributed by atoms with E-state index >= 15 is 0 Å². The van der Waals surface area contributed by atoms with Gasteiger partial charge < -0.3 is 9.30 Å². The number of benzene rings is 1. The fraction of sp³-hybridized carbons (Fsp3) is 0.529. The third-order valence-corrected chi connectivity index (χ3v) is 4.99. The van der Waals surface area contributed by atoms with E-state index in [1.54, 1.807) is 0 Å². The van der Waals surface area contributed by atoms with Gasteiger partial charge in [0.05, 0.1) is 6.67 Å². The molecular weight excluding hydrogens is 308 g/mol. The lowest BCUT2D eigenvalue weighted by Crippen LogP contribution is -2.23. The van der Waals surface area contributed by atoms with Crippen molar-refractivity contribution in [3.05, 3.63) is 39.9 Å². The smallest absolute Gasteiger partial charge is 0.198 e. The van der Waals surface area contributed by atoms with Crippen LogP contribution in [0.15, 0.2) is 18.2 Å². The van der Waals surface area contributed by atoms with E-state index in [1.807, 2.05) is 22.4 Å². The number of ether oxygens (including phenoxy) is 1. The molecule has 5 nitrogen and oxygen atoms in total. The Balaban J connectivity index is 1.70. The molecule has 1 aromatic heterocycles. The highest BCUT2D eigenvalue weighted by molar-refractivity contribution is 7.71. The van der Waals surface area contributed by atoms with Crippen LogP contribution >= 0.6 is 12.2 Å². The molecule has 1 saturated heterocycles. The van der Waals surface area contributed by atoms with Crippen molar-refractivity contribution in [2.75, 3.05) is 13.1 Å². The van der Waals surface area contributed by atoms with E-state index in [0.717, 1.165) is 36.1 Å². The van der Waals surface area contributed by atoms with Gasteiger partial charge in [-0.25, -0.2) is 4.68 Å². The molecule has 1 aromatic carbocycles. The van der Waals surface area contributed by atoms with Gasteiger partial charge in [0.15, 0.2) is 10.6 Å². The normalized spacial score (nSPS) is 15.3. The largest absolute Gasteiger partial charge is 0.486 e. The van der Waals surface area contributed by atoms with Crippen molar-refractivity contribution in [2.24, 2.45) is 7.05 Å². The molecule has 1 aliphatic heterocycles. The van der Waals surface area contributed by atoms with Crippen molar-refractivity contribution in [3.8, 4) is 5.75 Å². The molecule has 0 atom stereocenters. The zero-order chi connectivity index (χ0) is 16.4. The first-order valence-corrected chi connectivity index (χ1v) is 8.50. The first-order valence-electron chi connectivity index (χ1n) is 8.10. The van der Waals surface area contributed by atoms with Crippen LogP contribution in [0.3, 0.4) is 0 Å². The van der Waals surface area contributed by atoms with Gasteiger partial charge >= 0.3 is 0 Å². The lowest BCUT2D eigenvalue weighted by molar-refractivity contribution is 0.249. The summed E-state index contributed by atoms with van der Waals surface area (Å²) >= 11 is 5.50. The van der Waals surface area contributed by atoms with Gasteiger partial charge in [-0.05, 0) is 75.3 Å². The average Bonchev–Trinajstić information content (AvgIpc) is 3.13. The number of likely N-dealkylation sites (tertiary alicyclic amines) is 1. The fourth-order valence-electron chi connectivity index (χ4n) is 2.82. The standard InChI is InChI=1S/C17H24N4OS/c1-13-6-7-15(10-14(13)2)22-11-16-18-21(17(23)19(16)3)12-20-8-4-5-9-20/h6-7,10H,4-5,8-9,11-12H2,1-3H3. The van der Waals surface area contributed by atoms with Gasteiger partial charge in [0.2, 0.25) is 0 Å². The Labute approximate surface area is 142 Å². The molecular formula is C17H24N4OS. The minimum atomic E-state index is 0.426. The van der Waals surface area contributed by atoms with Crippen LogP contribution in [0.25, 0.3) is 0 Å². The molecule has 23 heavy (non-hydrogen) atoms. The first kappa shape index (κ1) is 16.2. The van der Waals surface area contributed by atoms with E-state index < -0.39 is 0 Å². The molecule has 124 valence electrons. The molecule has 2 heterocycles. The first-order chi connectivity index (χ1) is 11.0. The van der Waals surface area contributed by atoms with Gasteiger partial charge in [-0.2, -0.15) is 5.10 Å². The van der Waals surface area contributed by atoms with Crippen LogP contribution in [0.4, 0.5) is 0 Å². The Morgan fingerprint density at radius 2 is 1.91 bits per heavy atom. The van der Waals surface area contributed by atoms with E-state index in [2.05, 4.69) is 36.0 Å². The quantitative estimate of drug-likeness (QED) is 0.788. The summed E-state index contributed by atoms with van der Waals surface area (Å²) in [6.07, 6.45) is 2.53. The predicted molar refractivity (Wildman–Crippen MR) is 93.1 cm³/mol. The Morgan fingerprint density at radius 1 is 1.17 bits per heavy atom. The number of hydrogen-bond donors (Lipinski definition) is 0. The van der Waals surface area contributed by atoms with Crippen LogP contribution in [0.2, 0.25) is 0 Å². The molecule has 6 heteroatoms. The van der Waals surface area contributed by atoms with Crippen molar-refractivity contribution in [1.82, 2.24) is 19.2 Å². The second-order valence-corrected chi connectivity index (χ2v) is 6.62. The van der Waals surface area contributed by atoms with E-state index in [1.165, 1.54) is 24.0 Å². The van der Waals surface area contributed by atoms with E-state index in [4.69, 9.17) is 17.0 Å². The summed E-state index contributed by atoms with van der Waals surface area (Å²) in [6, 6.07) is 6.14. The highest BCUT2D eigenvalue weighted by atomic mass is 32.1. The molecule has 1 aliphatic rings. The van der Waals surface area contributed by atoms with Crippen molar-refractivity contribution in [2.45, 2.75) is 40.0 Å². The van der Waals surface area contributed by atoms with Crippen LogP contribution in [-0.4, -0.2) is 32.3 Å². The molecule has 0 saturated carbocycles. The SMILES string of the molecule is Cc1ccc(OCc2nn(CN3CCCC3)c(=S)n2C)cc1C. The third kappa shape index (κ3) is 3.64. The second-order valence-electron chi connectivity index (χ2n) is 6.26. The maximum Gasteiger partial charge on any atom is 0.198 e. The highest BCUT2D eigenvalue weighted by Crippen LogP contribution is 2.17. The Bertz CT molecular complexity index is 744. The van der Waals surface area contributed by atoms with E-state index in [0.29, 0.717) is 6.61 Å². The van der Waals surface area contributed by atoms with E-state index in [-0.39, 0.29) is 0 Å². The topological polar surface area (TPSA) is 35.2 Å². The Hall–Kier alpha value is -1.66. The molecule has 3 rings (SSSR count). The molecule has 0 spiro atoms. The summed E-state index contributed by atoms with van der Waals surface area (Å²) in [7, 11) is 1.95. The lowest BCUT2D eigenvalue weighted by atomic mass is 10.1. The van der Waals surface area contributed by atoms with Crippen molar-refractivity contribution < 1.29 is 4.74 Å². The van der Waals surface area contributed by atoms with Gasteiger partial charge in [-0.1, -0.05) is 6.07 Å². The second kappa shape index (κ2) is 6.84. The van der Waals surface area contributed by atoms with Crippen LogP contribution in [0.1, 0.15) is 29.8 Å². The van der Waals surface area contributed by atoms with Crippen LogP contribution in [-0.2, 0) is 20.3 Å². The molecule has 2 aromatic rings. The molecule has 0 radical (unpaired) electrons. The minimum Gasteiger partial charge on any atom is -0.486 e. The minimum absolute atomic E-state index is 0.426. The zero-order valence-corrected chi connectivity index (χ0v) is 14.9. The molecule has 0 aliphatic carbocycles. The lowest BCUT2D eigenvalue weighted by Gasteiger charge is -2.13. The summed E-state index contributed by atoms with van der Waals surface area (Å²) < 4.78 is 10.5. The number of aromatic nitrogens is 3. The predicted octanol–water partition coefficient (Wildman–Crippen LogP) is 3.20. The average molecular weight is 332 g/mol. The van der Waals surface area contributed by atoms with Crippen LogP contribution in [0, 0.1) is 18.6 Å². The number of hydrogen-bond acceptors (Lipinski definition) is 4. The van der Waals surface area contributed by atoms with Crippen LogP contribution < -0.4 is 4.74 Å². The summed E-state index contributed by atoms with van der Waals surface area (Å²) in [5.74, 6) is 1.72. The summed E-state index contributed by atoms with van der Waals surface area (Å²) in [5, 5.41) is 4.64. The third-order valence-electron chi connectivity index (χ3n) is 4.51. The summed E-state index contributed by atoms with van der Waals surface area (Å²) in [6.45, 7) is 7.66. The van der Waals surface area contributed by atoms with Gasteiger partial charge in [0.25, 0.3) is 0 Å². The summed E-state index contributed by atoms with van der Waals surface area (Å²) in [4.78, 5) is 2.39. The highest BCUT2D eigenvalue weighted by Gasteiger charge is 2.15. The number of aryl methyl sites for hydroxylation is 2. The molecule has 0 bridgehead atoms. The molecule has 0 amide bonds. The van der Waals surface area contributed by atoms with E-state index in [9.17, 15) is 0 Å². The van der Waals surface area contributed by atoms with Crippen molar-refractivity contribution >= 4 is 12.2 Å². The van der Waals surface area contributed by atoms with Gasteiger partial charge in [-0.3, -0.25) is 4.90 Å². The number of rotatable bonds is 5. The Morgan fingerprint density at radius 3 is 2.61 bits per heavy atom. The zero-order valence-electron chi connectivity index (χ0n) is 14.1. The monoisotopic (exact) mass is 332 g/mol. The summed E-state index contributed by atoms with van der Waals surface area (Å²) in [5.41, 5.74) is 2.50. The van der Waals surface area contributed by atoms with Gasteiger partial charge in [-0.15, -0.1) is 0 Å². The maximum atomic E-state index is 5.89.